The third-order valence-corrected chi connectivity index (χ3v) is 9.17. The minimum atomic E-state index is -1.01. The molecule has 5 rings (SSSR count). The molecule has 0 radical (unpaired) electrons. The van der Waals surface area contributed by atoms with Gasteiger partial charge in [0.15, 0.2) is 0 Å². The first-order valence-electron chi connectivity index (χ1n) is 15.2. The average Bonchev–Trinajstić information content (AvgIpc) is 3.41. The molecule has 0 fully saturated rings. The Bertz CT molecular complexity index is 1570. The van der Waals surface area contributed by atoms with Crippen LogP contribution in [0.4, 0.5) is 0 Å². The Morgan fingerprint density at radius 1 is 0.978 bits per heavy atom. The van der Waals surface area contributed by atoms with Gasteiger partial charge in [-0.1, -0.05) is 92.7 Å². The Balaban J connectivity index is 1.45. The van der Waals surface area contributed by atoms with Gasteiger partial charge in [0.2, 0.25) is 5.91 Å². The highest BCUT2D eigenvalue weighted by Gasteiger charge is 2.42. The van der Waals surface area contributed by atoms with Crippen LogP contribution >= 0.6 is 11.8 Å². The highest BCUT2D eigenvalue weighted by Crippen LogP contribution is 2.34. The fraction of sp³-hybridized carbons (Fsp3) is 0.333. The smallest absolute Gasteiger partial charge is 0.258 e. The summed E-state index contributed by atoms with van der Waals surface area (Å²) in [6.07, 6.45) is 1.06. The lowest BCUT2D eigenvalue weighted by Gasteiger charge is -2.41. The highest BCUT2D eigenvalue weighted by atomic mass is 32.2. The first kappa shape index (κ1) is 32.2. The van der Waals surface area contributed by atoms with Gasteiger partial charge >= 0.3 is 0 Å². The molecule has 0 saturated carbocycles. The molecule has 2 N–H and O–H groups in total. The minimum absolute atomic E-state index is 0.137. The summed E-state index contributed by atoms with van der Waals surface area (Å²) < 4.78 is -0.137. The van der Waals surface area contributed by atoms with E-state index in [0.29, 0.717) is 34.8 Å². The maximum absolute atomic E-state index is 14.3. The Morgan fingerprint density at radius 3 is 2.16 bits per heavy atom. The summed E-state index contributed by atoms with van der Waals surface area (Å²) in [6.45, 7) is 8.23. The quantitative estimate of drug-likeness (QED) is 0.331. The first-order chi connectivity index (χ1) is 21.5. The monoisotopic (exact) mass is 624 g/mol. The molecule has 3 amide bonds. The predicted octanol–water partition coefficient (Wildman–Crippen LogP) is 5.01. The van der Waals surface area contributed by atoms with E-state index in [1.807, 2.05) is 80.6 Å². The highest BCUT2D eigenvalue weighted by molar-refractivity contribution is 8.15. The van der Waals surface area contributed by atoms with Gasteiger partial charge in [0.25, 0.3) is 11.8 Å². The molecule has 0 bridgehead atoms. The van der Waals surface area contributed by atoms with Crippen LogP contribution in [-0.4, -0.2) is 73.7 Å². The lowest BCUT2D eigenvalue weighted by atomic mass is 9.96. The standard InChI is InChI=1S/C36H40N4O4S/c1-24(2)31-35(44)39(29(26-16-10-6-11-17-26)21-40(31)34(43)27-18-12-7-13-19-27)22-30(41)38-28(20-25-14-8-5-9-15-25)32(42)33-37-23-36(3,4)45-33/h5-19,21,24,28,31-32,42H,20,22-23H2,1-4H3,(H,38,41)/t28-,31?,32?/m0/s1. The third-order valence-electron chi connectivity index (χ3n) is 7.90. The van der Waals surface area contributed by atoms with E-state index in [1.54, 1.807) is 30.5 Å². The van der Waals surface area contributed by atoms with E-state index in [9.17, 15) is 19.5 Å². The van der Waals surface area contributed by atoms with Crippen molar-refractivity contribution in [3.05, 3.63) is 114 Å². The molecule has 0 aliphatic carbocycles. The number of hydrogen-bond donors (Lipinski definition) is 2. The molecule has 0 saturated heterocycles. The van der Waals surface area contributed by atoms with Gasteiger partial charge in [0.05, 0.1) is 23.3 Å². The molecule has 9 heteroatoms. The van der Waals surface area contributed by atoms with Crippen molar-refractivity contribution in [2.24, 2.45) is 10.9 Å². The zero-order chi connectivity index (χ0) is 32.1. The molecular formula is C36H40N4O4S. The fourth-order valence-corrected chi connectivity index (χ4v) is 6.76. The number of carbonyl (C=O) groups excluding carboxylic acids is 3. The summed E-state index contributed by atoms with van der Waals surface area (Å²) in [5.74, 6) is -1.27. The molecule has 2 heterocycles. The Morgan fingerprint density at radius 2 is 1.58 bits per heavy atom. The van der Waals surface area contributed by atoms with Crippen LogP contribution in [0.5, 0.6) is 0 Å². The van der Waals surface area contributed by atoms with E-state index in [1.165, 1.54) is 21.6 Å². The summed E-state index contributed by atoms with van der Waals surface area (Å²) in [7, 11) is 0. The minimum Gasteiger partial charge on any atom is -0.384 e. The van der Waals surface area contributed by atoms with E-state index in [-0.39, 0.29) is 29.0 Å². The molecule has 0 aromatic heterocycles. The van der Waals surface area contributed by atoms with Crippen LogP contribution in [0.1, 0.15) is 49.2 Å². The molecule has 3 aromatic rings. The van der Waals surface area contributed by atoms with Gasteiger partial charge in [-0.3, -0.25) is 24.3 Å². The van der Waals surface area contributed by atoms with E-state index < -0.39 is 24.1 Å². The zero-order valence-electron chi connectivity index (χ0n) is 26.1. The molecule has 234 valence electrons. The predicted molar refractivity (Wildman–Crippen MR) is 179 cm³/mol. The molecule has 8 nitrogen and oxygen atoms in total. The van der Waals surface area contributed by atoms with Crippen molar-refractivity contribution in [2.75, 3.05) is 13.1 Å². The van der Waals surface area contributed by atoms with E-state index in [0.717, 1.165) is 5.56 Å². The third kappa shape index (κ3) is 7.54. The van der Waals surface area contributed by atoms with Gasteiger partial charge < -0.3 is 15.3 Å². The van der Waals surface area contributed by atoms with Gasteiger partial charge in [0, 0.05) is 16.5 Å². The number of benzene rings is 3. The number of rotatable bonds is 10. The largest absolute Gasteiger partial charge is 0.384 e. The SMILES string of the molecule is CC(C)C1C(=O)N(CC(=O)N[C@@H](Cc2ccccc2)C(O)C2=NCC(C)(C)S2)C(c2ccccc2)=CN1C(=O)c1ccccc1. The molecule has 0 spiro atoms. The molecular weight excluding hydrogens is 584 g/mol. The van der Waals surface area contributed by atoms with Crippen molar-refractivity contribution in [2.45, 2.75) is 57.1 Å². The number of nitrogens with one attached hydrogen (secondary N) is 1. The van der Waals surface area contributed by atoms with Crippen LogP contribution in [0.2, 0.25) is 0 Å². The van der Waals surface area contributed by atoms with E-state index >= 15 is 0 Å². The molecule has 2 aliphatic rings. The molecule has 3 aromatic carbocycles. The number of thioether (sulfide) groups is 1. The number of nitrogens with zero attached hydrogens (tertiary/aromatic N) is 3. The van der Waals surface area contributed by atoms with E-state index in [4.69, 9.17) is 0 Å². The summed E-state index contributed by atoms with van der Waals surface area (Å²) in [4.78, 5) is 49.4. The fourth-order valence-electron chi connectivity index (χ4n) is 5.65. The lowest BCUT2D eigenvalue weighted by molar-refractivity contribution is -0.138. The normalized spacial score (nSPS) is 19.2. The first-order valence-corrected chi connectivity index (χ1v) is 16.1. The summed E-state index contributed by atoms with van der Waals surface area (Å²) >= 11 is 1.52. The van der Waals surface area contributed by atoms with Gasteiger partial charge in [0.1, 0.15) is 18.7 Å². The molecule has 2 aliphatic heterocycles. The maximum Gasteiger partial charge on any atom is 0.258 e. The molecule has 2 unspecified atom stereocenters. The van der Waals surface area contributed by atoms with Crippen LogP contribution in [0.15, 0.2) is 102 Å². The van der Waals surface area contributed by atoms with Crippen LogP contribution in [0, 0.1) is 5.92 Å². The van der Waals surface area contributed by atoms with Gasteiger partial charge in [-0.15, -0.1) is 11.8 Å². The van der Waals surface area contributed by atoms with Crippen molar-refractivity contribution in [3.63, 3.8) is 0 Å². The van der Waals surface area contributed by atoms with Crippen molar-refractivity contribution in [3.8, 4) is 0 Å². The van der Waals surface area contributed by atoms with Gasteiger partial charge in [-0.25, -0.2) is 0 Å². The summed E-state index contributed by atoms with van der Waals surface area (Å²) in [6, 6.07) is 26.3. The second-order valence-electron chi connectivity index (χ2n) is 12.4. The number of amides is 3. The maximum atomic E-state index is 14.3. The second kappa shape index (κ2) is 13.8. The Labute approximate surface area is 269 Å². The number of aliphatic hydroxyl groups excluding tert-OH is 1. The molecule has 45 heavy (non-hydrogen) atoms. The number of aliphatic hydroxyl groups is 1. The lowest BCUT2D eigenvalue weighted by Crippen LogP contribution is -2.57. The van der Waals surface area contributed by atoms with Gasteiger partial charge in [-0.2, -0.15) is 0 Å². The van der Waals surface area contributed by atoms with Gasteiger partial charge in [-0.05, 0) is 49.4 Å². The molecule has 3 atom stereocenters. The van der Waals surface area contributed by atoms with Crippen molar-refractivity contribution in [1.29, 1.82) is 0 Å². The number of aliphatic imine (C=N–C) groups is 1. The van der Waals surface area contributed by atoms with Crippen LogP contribution in [0.3, 0.4) is 0 Å². The van der Waals surface area contributed by atoms with Crippen molar-refractivity contribution in [1.82, 2.24) is 15.1 Å². The van der Waals surface area contributed by atoms with Crippen LogP contribution < -0.4 is 5.32 Å². The van der Waals surface area contributed by atoms with Crippen LogP contribution in [-0.2, 0) is 16.0 Å². The number of carbonyl (C=O) groups is 3. The van der Waals surface area contributed by atoms with Crippen molar-refractivity contribution < 1.29 is 19.5 Å². The van der Waals surface area contributed by atoms with E-state index in [2.05, 4.69) is 24.2 Å². The average molecular weight is 625 g/mol. The summed E-state index contributed by atoms with van der Waals surface area (Å²) in [5, 5.41) is 15.1. The van der Waals surface area contributed by atoms with Crippen molar-refractivity contribution >= 4 is 40.2 Å². The summed E-state index contributed by atoms with van der Waals surface area (Å²) in [5.41, 5.74) is 2.58. The Kier molecular flexibility index (Phi) is 9.90. The Hall–Kier alpha value is -4.21. The second-order valence-corrected chi connectivity index (χ2v) is 14.1. The van der Waals surface area contributed by atoms with Crippen LogP contribution in [0.25, 0.3) is 5.70 Å². The zero-order valence-corrected chi connectivity index (χ0v) is 26.9. The number of hydrogen-bond acceptors (Lipinski definition) is 6. The topological polar surface area (TPSA) is 102 Å².